The molecule has 0 amide bonds. The smallest absolute Gasteiger partial charge is 0.416 e. The van der Waals surface area contributed by atoms with E-state index in [1.165, 1.54) is 6.07 Å². The minimum Gasteiger partial charge on any atom is -0.491 e. The van der Waals surface area contributed by atoms with Crippen LogP contribution in [0.4, 0.5) is 13.2 Å². The van der Waals surface area contributed by atoms with E-state index in [-0.39, 0.29) is 29.4 Å². The number of likely N-dealkylation sites (tertiary alicyclic amines) is 1. The van der Waals surface area contributed by atoms with Crippen molar-refractivity contribution in [3.63, 3.8) is 0 Å². The first-order valence-electron chi connectivity index (χ1n) is 9.39. The highest BCUT2D eigenvalue weighted by atomic mass is 19.4. The monoisotopic (exact) mass is 399 g/mol. The summed E-state index contributed by atoms with van der Waals surface area (Å²) in [6, 6.07) is 3.38. The van der Waals surface area contributed by atoms with Gasteiger partial charge in [-0.25, -0.2) is 0 Å². The first-order chi connectivity index (χ1) is 12.9. The van der Waals surface area contributed by atoms with Crippen molar-refractivity contribution >= 4 is 0 Å². The van der Waals surface area contributed by atoms with Crippen molar-refractivity contribution in [2.24, 2.45) is 5.41 Å². The van der Waals surface area contributed by atoms with E-state index in [9.17, 15) is 23.4 Å². The average molecular weight is 399 g/mol. The van der Waals surface area contributed by atoms with Crippen LogP contribution in [0.25, 0.3) is 0 Å². The van der Waals surface area contributed by atoms with Crippen molar-refractivity contribution in [3.05, 3.63) is 29.3 Å². The lowest BCUT2D eigenvalue weighted by Crippen LogP contribution is -2.41. The SMILES string of the molecule is CC(C)(C)C#Cc1cc(OCC(O)CN2CCC(O)CC2)cc(C(F)(F)F)c1. The molecule has 1 heterocycles. The third kappa shape index (κ3) is 7.70. The number of hydrogen-bond acceptors (Lipinski definition) is 4. The van der Waals surface area contributed by atoms with E-state index in [2.05, 4.69) is 11.8 Å². The lowest BCUT2D eigenvalue weighted by Gasteiger charge is -2.30. The van der Waals surface area contributed by atoms with Gasteiger partial charge in [-0.15, -0.1) is 0 Å². The summed E-state index contributed by atoms with van der Waals surface area (Å²) in [5.41, 5.74) is -0.949. The number of ether oxygens (including phenoxy) is 1. The standard InChI is InChI=1S/C21H28F3NO3/c1-20(2,3)7-4-15-10-16(21(22,23)24)12-19(11-15)28-14-18(27)13-25-8-5-17(26)6-9-25/h10-12,17-18,26-27H,5-6,8-9,13-14H2,1-3H3. The molecule has 0 spiro atoms. The largest absolute Gasteiger partial charge is 0.491 e. The first-order valence-corrected chi connectivity index (χ1v) is 9.39. The van der Waals surface area contributed by atoms with Gasteiger partial charge in [0.15, 0.2) is 0 Å². The number of rotatable bonds is 5. The van der Waals surface area contributed by atoms with Crippen molar-refractivity contribution in [2.75, 3.05) is 26.2 Å². The molecule has 1 atom stereocenters. The van der Waals surface area contributed by atoms with Crippen molar-refractivity contribution in [3.8, 4) is 17.6 Å². The van der Waals surface area contributed by atoms with Crippen molar-refractivity contribution in [1.29, 1.82) is 0 Å². The second-order valence-electron chi connectivity index (χ2n) is 8.24. The van der Waals surface area contributed by atoms with E-state index >= 15 is 0 Å². The number of nitrogens with zero attached hydrogens (tertiary/aromatic N) is 1. The van der Waals surface area contributed by atoms with Crippen LogP contribution < -0.4 is 4.74 Å². The van der Waals surface area contributed by atoms with Gasteiger partial charge in [0.25, 0.3) is 0 Å². The second-order valence-corrected chi connectivity index (χ2v) is 8.24. The lowest BCUT2D eigenvalue weighted by atomic mass is 9.97. The number of alkyl halides is 3. The number of piperidine rings is 1. The van der Waals surface area contributed by atoms with E-state index in [1.807, 2.05) is 25.7 Å². The molecule has 7 heteroatoms. The van der Waals surface area contributed by atoms with Crippen molar-refractivity contribution < 1.29 is 28.1 Å². The summed E-state index contributed by atoms with van der Waals surface area (Å²) in [4.78, 5) is 2.01. The Bertz CT molecular complexity index is 708. The maximum atomic E-state index is 13.2. The summed E-state index contributed by atoms with van der Waals surface area (Å²) < 4.78 is 45.0. The number of β-amino-alcohol motifs (C(OH)–C–C–N with tert-alkyl or cyclic N) is 1. The van der Waals surface area contributed by atoms with Crippen LogP contribution in [0.1, 0.15) is 44.7 Å². The highest BCUT2D eigenvalue weighted by molar-refractivity contribution is 5.44. The third-order valence-electron chi connectivity index (χ3n) is 4.28. The summed E-state index contributed by atoms with van der Waals surface area (Å²) in [5, 5.41) is 19.7. The summed E-state index contributed by atoms with van der Waals surface area (Å²) in [5.74, 6) is 5.72. The highest BCUT2D eigenvalue weighted by Crippen LogP contribution is 2.32. The molecule has 1 aromatic rings. The quantitative estimate of drug-likeness (QED) is 0.746. The van der Waals surface area contributed by atoms with Crippen LogP contribution in [0.2, 0.25) is 0 Å². The van der Waals surface area contributed by atoms with Crippen molar-refractivity contribution in [1.82, 2.24) is 4.90 Å². The van der Waals surface area contributed by atoms with Crippen LogP contribution in [0.15, 0.2) is 18.2 Å². The van der Waals surface area contributed by atoms with Crippen LogP contribution in [-0.2, 0) is 6.18 Å². The minimum absolute atomic E-state index is 0.0288. The zero-order valence-electron chi connectivity index (χ0n) is 16.5. The third-order valence-corrected chi connectivity index (χ3v) is 4.28. The maximum Gasteiger partial charge on any atom is 0.416 e. The van der Waals surface area contributed by atoms with E-state index in [1.54, 1.807) is 0 Å². The van der Waals surface area contributed by atoms with E-state index in [4.69, 9.17) is 4.74 Å². The molecule has 1 saturated heterocycles. The molecule has 1 unspecified atom stereocenters. The fraction of sp³-hybridized carbons (Fsp3) is 0.619. The zero-order chi connectivity index (χ0) is 20.9. The van der Waals surface area contributed by atoms with Gasteiger partial charge < -0.3 is 19.8 Å². The van der Waals surface area contributed by atoms with Gasteiger partial charge in [0.05, 0.1) is 11.7 Å². The van der Waals surface area contributed by atoms with Gasteiger partial charge in [-0.3, -0.25) is 0 Å². The minimum atomic E-state index is -4.51. The molecular formula is C21H28F3NO3. The molecule has 156 valence electrons. The average Bonchev–Trinajstić information content (AvgIpc) is 2.59. The van der Waals surface area contributed by atoms with Crippen LogP contribution in [-0.4, -0.2) is 53.6 Å². The Morgan fingerprint density at radius 1 is 1.18 bits per heavy atom. The van der Waals surface area contributed by atoms with Gasteiger partial charge >= 0.3 is 6.18 Å². The Labute approximate surface area is 164 Å². The topological polar surface area (TPSA) is 52.9 Å². The summed E-state index contributed by atoms with van der Waals surface area (Å²) in [7, 11) is 0. The molecule has 1 fully saturated rings. The van der Waals surface area contributed by atoms with Crippen LogP contribution in [0.5, 0.6) is 5.75 Å². The molecule has 0 radical (unpaired) electrons. The molecule has 0 saturated carbocycles. The van der Waals surface area contributed by atoms with Gasteiger partial charge in [0.2, 0.25) is 0 Å². The Morgan fingerprint density at radius 3 is 2.39 bits per heavy atom. The second kappa shape index (κ2) is 9.17. The van der Waals surface area contributed by atoms with Crippen molar-refractivity contribution in [2.45, 2.75) is 52.0 Å². The molecule has 1 aromatic carbocycles. The molecule has 0 aliphatic carbocycles. The van der Waals surface area contributed by atoms with Crippen LogP contribution in [0, 0.1) is 17.3 Å². The predicted molar refractivity (Wildman–Crippen MR) is 101 cm³/mol. The number of aliphatic hydroxyl groups excluding tert-OH is 2. The normalized spacial score (nSPS) is 17.7. The Hall–Kier alpha value is -1.75. The zero-order valence-corrected chi connectivity index (χ0v) is 16.5. The van der Waals surface area contributed by atoms with Gasteiger partial charge in [-0.2, -0.15) is 13.2 Å². The lowest BCUT2D eigenvalue weighted by molar-refractivity contribution is -0.137. The first kappa shape index (κ1) is 22.5. The maximum absolute atomic E-state index is 13.2. The summed E-state index contributed by atoms with van der Waals surface area (Å²) in [6.45, 7) is 7.21. The van der Waals surface area contributed by atoms with E-state index < -0.39 is 17.8 Å². The summed E-state index contributed by atoms with van der Waals surface area (Å²) in [6.07, 6.45) is -4.35. The highest BCUT2D eigenvalue weighted by Gasteiger charge is 2.31. The molecular weight excluding hydrogens is 371 g/mol. The Kier molecular flexibility index (Phi) is 7.38. The van der Waals surface area contributed by atoms with Crippen LogP contribution in [0.3, 0.4) is 0 Å². The molecule has 1 aliphatic heterocycles. The van der Waals surface area contributed by atoms with Gasteiger partial charge in [0.1, 0.15) is 18.5 Å². The van der Waals surface area contributed by atoms with Gasteiger partial charge in [-0.05, 0) is 51.8 Å². The van der Waals surface area contributed by atoms with E-state index in [0.29, 0.717) is 32.5 Å². The molecule has 1 aliphatic rings. The number of halogens is 3. The molecule has 2 rings (SSSR count). The molecule has 2 N–H and O–H groups in total. The van der Waals surface area contributed by atoms with Gasteiger partial charge in [-0.1, -0.05) is 11.8 Å². The van der Waals surface area contributed by atoms with E-state index in [0.717, 1.165) is 12.1 Å². The predicted octanol–water partition coefficient (Wildman–Crippen LogP) is 3.30. The molecule has 0 aromatic heterocycles. The fourth-order valence-electron chi connectivity index (χ4n) is 2.82. The summed E-state index contributed by atoms with van der Waals surface area (Å²) >= 11 is 0. The molecule has 28 heavy (non-hydrogen) atoms. The van der Waals surface area contributed by atoms with Crippen LogP contribution >= 0.6 is 0 Å². The van der Waals surface area contributed by atoms with Gasteiger partial charge in [0, 0.05) is 30.6 Å². The number of hydrogen-bond donors (Lipinski definition) is 2. The molecule has 4 nitrogen and oxygen atoms in total. The Balaban J connectivity index is 2.05. The molecule has 0 bridgehead atoms. The number of aliphatic hydroxyl groups is 2. The fourth-order valence-corrected chi connectivity index (χ4v) is 2.82. The Morgan fingerprint density at radius 2 is 1.82 bits per heavy atom. The number of benzene rings is 1.